The summed E-state index contributed by atoms with van der Waals surface area (Å²) in [6, 6.07) is 4.70. The first-order valence-corrected chi connectivity index (χ1v) is 5.81. The number of rotatable bonds is 3. The van der Waals surface area contributed by atoms with Gasteiger partial charge in [0.05, 0.1) is 0 Å². The van der Waals surface area contributed by atoms with Gasteiger partial charge in [-0.2, -0.15) is 0 Å². The lowest BCUT2D eigenvalue weighted by atomic mass is 9.99. The van der Waals surface area contributed by atoms with Crippen LogP contribution < -0.4 is 5.73 Å². The molecule has 0 spiro atoms. The topological polar surface area (TPSA) is 26.0 Å². The molecule has 2 rings (SSSR count). The molecule has 0 bridgehead atoms. The molecule has 2 N–H and O–H groups in total. The first-order chi connectivity index (χ1) is 6.15. The molecule has 1 aromatic rings. The maximum atomic E-state index is 6.21. The number of thiophene rings is 1. The van der Waals surface area contributed by atoms with E-state index in [1.54, 1.807) is 0 Å². The minimum absolute atomic E-state index is 0.276. The normalized spacial score (nSPS) is 21.5. The van der Waals surface area contributed by atoms with E-state index in [2.05, 4.69) is 26.0 Å². The number of hydrogen-bond acceptors (Lipinski definition) is 2. The van der Waals surface area contributed by atoms with Crippen LogP contribution in [0.4, 0.5) is 0 Å². The summed E-state index contributed by atoms with van der Waals surface area (Å²) >= 11 is 1.88. The van der Waals surface area contributed by atoms with E-state index in [0.29, 0.717) is 5.41 Å². The second-order valence-electron chi connectivity index (χ2n) is 4.29. The fraction of sp³-hybridized carbons (Fsp3) is 0.636. The highest BCUT2D eigenvalue weighted by atomic mass is 32.1. The highest BCUT2D eigenvalue weighted by Gasteiger charge is 2.44. The van der Waals surface area contributed by atoms with Gasteiger partial charge in [0.2, 0.25) is 0 Å². The Morgan fingerprint density at radius 2 is 2.23 bits per heavy atom. The zero-order valence-electron chi connectivity index (χ0n) is 8.34. The third kappa shape index (κ3) is 1.65. The van der Waals surface area contributed by atoms with Crippen molar-refractivity contribution in [2.75, 3.05) is 0 Å². The first-order valence-electron chi connectivity index (χ1n) is 5.00. The van der Waals surface area contributed by atoms with Gasteiger partial charge < -0.3 is 5.73 Å². The van der Waals surface area contributed by atoms with E-state index in [9.17, 15) is 0 Å². The lowest BCUT2D eigenvalue weighted by Crippen LogP contribution is -2.18. The maximum absolute atomic E-state index is 6.21. The minimum atomic E-state index is 0.276. The fourth-order valence-corrected chi connectivity index (χ4v) is 2.73. The number of aryl methyl sites for hydroxylation is 1. The van der Waals surface area contributed by atoms with E-state index in [1.165, 1.54) is 22.6 Å². The van der Waals surface area contributed by atoms with Crippen molar-refractivity contribution in [2.24, 2.45) is 11.1 Å². The van der Waals surface area contributed by atoms with Crippen molar-refractivity contribution < 1.29 is 0 Å². The monoisotopic (exact) mass is 195 g/mol. The summed E-state index contributed by atoms with van der Waals surface area (Å²) in [5, 5.41) is 0. The second kappa shape index (κ2) is 3.10. The molecule has 1 aromatic heterocycles. The molecule has 0 radical (unpaired) electrons. The van der Waals surface area contributed by atoms with E-state index < -0.39 is 0 Å². The smallest absolute Gasteiger partial charge is 0.0444 e. The lowest BCUT2D eigenvalue weighted by molar-refractivity contribution is 0.457. The molecule has 1 atom stereocenters. The Labute approximate surface area is 84.0 Å². The van der Waals surface area contributed by atoms with Crippen LogP contribution in [0.2, 0.25) is 0 Å². The Balaban J connectivity index is 2.15. The van der Waals surface area contributed by atoms with Gasteiger partial charge in [-0.25, -0.2) is 0 Å². The molecule has 1 aliphatic carbocycles. The van der Waals surface area contributed by atoms with Gasteiger partial charge in [0, 0.05) is 15.8 Å². The lowest BCUT2D eigenvalue weighted by Gasteiger charge is -2.16. The molecule has 0 aromatic carbocycles. The van der Waals surface area contributed by atoms with Crippen molar-refractivity contribution in [2.45, 2.75) is 39.2 Å². The second-order valence-corrected chi connectivity index (χ2v) is 5.49. The van der Waals surface area contributed by atoms with Crippen LogP contribution in [0.25, 0.3) is 0 Å². The van der Waals surface area contributed by atoms with Gasteiger partial charge >= 0.3 is 0 Å². The Bertz CT molecular complexity index is 299. The largest absolute Gasteiger partial charge is 0.323 e. The van der Waals surface area contributed by atoms with Crippen molar-refractivity contribution in [1.82, 2.24) is 0 Å². The predicted molar refractivity (Wildman–Crippen MR) is 58.0 cm³/mol. The van der Waals surface area contributed by atoms with Gasteiger partial charge in [-0.1, -0.05) is 13.8 Å². The molecule has 1 heterocycles. The molecule has 1 aliphatic rings. The summed E-state index contributed by atoms with van der Waals surface area (Å²) in [5.74, 6) is 0. The summed E-state index contributed by atoms with van der Waals surface area (Å²) in [6.07, 6.45) is 3.73. The van der Waals surface area contributed by atoms with Gasteiger partial charge in [0.1, 0.15) is 0 Å². The first kappa shape index (κ1) is 9.22. The van der Waals surface area contributed by atoms with Crippen LogP contribution >= 0.6 is 11.3 Å². The molecule has 1 nitrogen and oxygen atoms in total. The van der Waals surface area contributed by atoms with Crippen molar-refractivity contribution in [1.29, 1.82) is 0 Å². The molecule has 0 amide bonds. The Morgan fingerprint density at radius 1 is 1.54 bits per heavy atom. The highest BCUT2D eigenvalue weighted by molar-refractivity contribution is 7.12. The summed E-state index contributed by atoms with van der Waals surface area (Å²) < 4.78 is 0. The molecule has 2 heteroatoms. The molecule has 72 valence electrons. The molecule has 1 saturated carbocycles. The van der Waals surface area contributed by atoms with Crippen LogP contribution in [0.5, 0.6) is 0 Å². The van der Waals surface area contributed by atoms with Crippen LogP contribution in [0, 0.1) is 5.41 Å². The molecule has 0 saturated heterocycles. The predicted octanol–water partition coefficient (Wildman–Crippen LogP) is 3.11. The van der Waals surface area contributed by atoms with Crippen LogP contribution in [-0.4, -0.2) is 0 Å². The van der Waals surface area contributed by atoms with E-state index in [0.717, 1.165) is 6.42 Å². The van der Waals surface area contributed by atoms with Crippen LogP contribution in [0.3, 0.4) is 0 Å². The summed E-state index contributed by atoms with van der Waals surface area (Å²) in [7, 11) is 0. The van der Waals surface area contributed by atoms with Gasteiger partial charge in [-0.05, 0) is 36.8 Å². The Morgan fingerprint density at radius 3 is 2.69 bits per heavy atom. The minimum Gasteiger partial charge on any atom is -0.323 e. The molecule has 1 unspecified atom stereocenters. The third-order valence-corrected chi connectivity index (χ3v) is 4.44. The van der Waals surface area contributed by atoms with Gasteiger partial charge in [-0.3, -0.25) is 0 Å². The average Bonchev–Trinajstić information content (AvgIpc) is 2.71. The zero-order valence-corrected chi connectivity index (χ0v) is 9.16. The maximum Gasteiger partial charge on any atom is 0.0444 e. The molecule has 1 fully saturated rings. The number of hydrogen-bond donors (Lipinski definition) is 1. The van der Waals surface area contributed by atoms with Gasteiger partial charge in [-0.15, -0.1) is 11.3 Å². The standard InChI is InChI=1S/C11H17NS/c1-3-8-4-5-9(13-8)10(12)11(2)6-7-11/h4-5,10H,3,6-7,12H2,1-2H3. The van der Waals surface area contributed by atoms with Crippen LogP contribution in [-0.2, 0) is 6.42 Å². The molecule has 0 aliphatic heterocycles. The third-order valence-electron chi connectivity index (χ3n) is 3.13. The van der Waals surface area contributed by atoms with E-state index in [1.807, 2.05) is 11.3 Å². The quantitative estimate of drug-likeness (QED) is 0.788. The molecular weight excluding hydrogens is 178 g/mol. The summed E-state index contributed by atoms with van der Waals surface area (Å²) in [6.45, 7) is 4.49. The fourth-order valence-electron chi connectivity index (χ4n) is 1.60. The molecular formula is C11H17NS. The summed E-state index contributed by atoms with van der Waals surface area (Å²) in [4.78, 5) is 2.83. The van der Waals surface area contributed by atoms with Crippen LogP contribution in [0.15, 0.2) is 12.1 Å². The Hall–Kier alpha value is -0.340. The van der Waals surface area contributed by atoms with Crippen molar-refractivity contribution >= 4 is 11.3 Å². The highest BCUT2D eigenvalue weighted by Crippen LogP contribution is 2.54. The van der Waals surface area contributed by atoms with Gasteiger partial charge in [0.25, 0.3) is 0 Å². The van der Waals surface area contributed by atoms with Gasteiger partial charge in [0.15, 0.2) is 0 Å². The molecule has 13 heavy (non-hydrogen) atoms. The van der Waals surface area contributed by atoms with Crippen molar-refractivity contribution in [3.8, 4) is 0 Å². The average molecular weight is 195 g/mol. The van der Waals surface area contributed by atoms with Crippen LogP contribution in [0.1, 0.15) is 42.5 Å². The van der Waals surface area contributed by atoms with E-state index >= 15 is 0 Å². The SMILES string of the molecule is CCc1ccc(C(N)C2(C)CC2)s1. The number of nitrogens with two attached hydrogens (primary N) is 1. The van der Waals surface area contributed by atoms with E-state index in [-0.39, 0.29) is 6.04 Å². The van der Waals surface area contributed by atoms with Crippen molar-refractivity contribution in [3.63, 3.8) is 0 Å². The van der Waals surface area contributed by atoms with E-state index in [4.69, 9.17) is 5.73 Å². The summed E-state index contributed by atoms with van der Waals surface area (Å²) in [5.41, 5.74) is 6.63. The zero-order chi connectivity index (χ0) is 9.47. The Kier molecular flexibility index (Phi) is 2.20. The van der Waals surface area contributed by atoms with Crippen molar-refractivity contribution in [3.05, 3.63) is 21.9 Å².